The lowest BCUT2D eigenvalue weighted by Crippen LogP contribution is -2.74. The molecule has 0 bridgehead atoms. The van der Waals surface area contributed by atoms with E-state index in [2.05, 4.69) is 66.3 Å². The standard InChI is InChI=1S/C21H22FN5/c1-21-24-11-5-4-6-19(24)20-9-10-23-26(20)15-16-14-17(22)7-8-18(16)25(21)12-13-27(21,2)3/h4-14H,15H2,1-3H3/q+2/t21-/m0/s1. The van der Waals surface area contributed by atoms with Crippen LogP contribution in [0.4, 0.5) is 10.1 Å². The maximum atomic E-state index is 14.1. The molecule has 0 N–H and O–H groups in total. The molecule has 0 amide bonds. The summed E-state index contributed by atoms with van der Waals surface area (Å²) in [7, 11) is 4.36. The molecule has 1 aromatic carbocycles. The van der Waals surface area contributed by atoms with Crippen LogP contribution >= 0.6 is 0 Å². The van der Waals surface area contributed by atoms with Crippen LogP contribution in [-0.2, 0) is 12.3 Å². The number of rotatable bonds is 0. The fourth-order valence-electron chi connectivity index (χ4n) is 4.27. The molecule has 4 heterocycles. The summed E-state index contributed by atoms with van der Waals surface area (Å²) in [5.41, 5.74) is 3.99. The smallest absolute Gasteiger partial charge is 0.254 e. The van der Waals surface area contributed by atoms with Crippen LogP contribution in [0.25, 0.3) is 11.4 Å². The predicted octanol–water partition coefficient (Wildman–Crippen LogP) is 3.04. The zero-order chi connectivity index (χ0) is 18.8. The van der Waals surface area contributed by atoms with Gasteiger partial charge in [0.1, 0.15) is 17.7 Å². The molecule has 6 heteroatoms. The van der Waals surface area contributed by atoms with Gasteiger partial charge in [-0.3, -0.25) is 4.68 Å². The van der Waals surface area contributed by atoms with Crippen LogP contribution in [0.5, 0.6) is 0 Å². The first-order valence-electron chi connectivity index (χ1n) is 9.06. The van der Waals surface area contributed by atoms with Crippen LogP contribution in [0.3, 0.4) is 0 Å². The Labute approximate surface area is 157 Å². The van der Waals surface area contributed by atoms with Crippen molar-refractivity contribution < 1.29 is 13.4 Å². The molecule has 2 aliphatic rings. The number of halogens is 1. The molecule has 0 saturated carbocycles. The minimum absolute atomic E-state index is 0.231. The monoisotopic (exact) mass is 363 g/mol. The van der Waals surface area contributed by atoms with Crippen molar-refractivity contribution in [1.82, 2.24) is 9.78 Å². The average molecular weight is 363 g/mol. The van der Waals surface area contributed by atoms with E-state index >= 15 is 0 Å². The predicted molar refractivity (Wildman–Crippen MR) is 101 cm³/mol. The Hall–Kier alpha value is -2.99. The molecule has 136 valence electrons. The number of hydrogen-bond acceptors (Lipinski definition) is 2. The normalized spacial score (nSPS) is 22.1. The third kappa shape index (κ3) is 2.07. The van der Waals surface area contributed by atoms with Gasteiger partial charge in [0, 0.05) is 23.9 Å². The molecule has 5 nitrogen and oxygen atoms in total. The van der Waals surface area contributed by atoms with Crippen molar-refractivity contribution in [3.05, 3.63) is 78.6 Å². The number of fused-ring (bicyclic) bond motifs is 7. The summed E-state index contributed by atoms with van der Waals surface area (Å²) >= 11 is 0. The average Bonchev–Trinajstić information content (AvgIpc) is 3.19. The lowest BCUT2D eigenvalue weighted by Gasteiger charge is -2.39. The highest BCUT2D eigenvalue weighted by Gasteiger charge is 2.59. The molecule has 5 rings (SSSR count). The van der Waals surface area contributed by atoms with Crippen molar-refractivity contribution in [3.63, 3.8) is 0 Å². The Bertz CT molecular complexity index is 1080. The summed E-state index contributed by atoms with van der Waals surface area (Å²) in [5, 5.41) is 4.52. The van der Waals surface area contributed by atoms with Crippen LogP contribution in [0.2, 0.25) is 0 Å². The molecule has 2 aliphatic heterocycles. The molecule has 0 saturated heterocycles. The quantitative estimate of drug-likeness (QED) is 0.453. The number of benzene rings is 1. The third-order valence-electron chi connectivity index (χ3n) is 6.05. The van der Waals surface area contributed by atoms with Gasteiger partial charge in [0.2, 0.25) is 5.69 Å². The first-order valence-corrected chi connectivity index (χ1v) is 9.06. The minimum atomic E-state index is -0.456. The zero-order valence-electron chi connectivity index (χ0n) is 15.7. The zero-order valence-corrected chi connectivity index (χ0v) is 15.7. The highest BCUT2D eigenvalue weighted by Crippen LogP contribution is 2.40. The Kier molecular flexibility index (Phi) is 3.16. The Balaban J connectivity index is 1.90. The number of pyridine rings is 1. The number of nitrogens with zero attached hydrogens (tertiary/aromatic N) is 5. The molecule has 0 fully saturated rings. The molecule has 0 spiro atoms. The summed E-state index contributed by atoms with van der Waals surface area (Å²) in [5.74, 6) is -0.687. The molecule has 1 atom stereocenters. The minimum Gasteiger partial charge on any atom is -0.254 e. The second-order valence-electron chi connectivity index (χ2n) is 7.78. The van der Waals surface area contributed by atoms with Gasteiger partial charge >= 0.3 is 5.79 Å². The maximum absolute atomic E-state index is 14.1. The lowest BCUT2D eigenvalue weighted by atomic mass is 10.1. The highest BCUT2D eigenvalue weighted by atomic mass is 19.1. The first kappa shape index (κ1) is 16.2. The first-order chi connectivity index (χ1) is 12.9. The molecule has 0 radical (unpaired) electrons. The van der Waals surface area contributed by atoms with Gasteiger partial charge in [-0.25, -0.2) is 13.8 Å². The van der Waals surface area contributed by atoms with E-state index in [0.717, 1.165) is 22.6 Å². The van der Waals surface area contributed by atoms with Gasteiger partial charge < -0.3 is 0 Å². The van der Waals surface area contributed by atoms with Crippen LogP contribution in [0.15, 0.2) is 67.3 Å². The fourth-order valence-corrected chi connectivity index (χ4v) is 4.27. The van der Waals surface area contributed by atoms with Gasteiger partial charge in [0.05, 0.1) is 39.5 Å². The fraction of sp³-hybridized carbons (Fsp3) is 0.238. The van der Waals surface area contributed by atoms with Gasteiger partial charge in [-0.2, -0.15) is 5.10 Å². The van der Waals surface area contributed by atoms with Crippen LogP contribution in [0.1, 0.15) is 12.5 Å². The summed E-state index contributed by atoms with van der Waals surface area (Å²) < 4.78 is 19.0. The van der Waals surface area contributed by atoms with Gasteiger partial charge in [-0.05, 0) is 30.3 Å². The molecule has 0 unspecified atom stereocenters. The van der Waals surface area contributed by atoms with Gasteiger partial charge in [0.15, 0.2) is 6.20 Å². The van der Waals surface area contributed by atoms with E-state index in [1.807, 2.05) is 22.9 Å². The van der Waals surface area contributed by atoms with E-state index in [4.69, 9.17) is 0 Å². The van der Waals surface area contributed by atoms with Crippen molar-refractivity contribution in [2.24, 2.45) is 0 Å². The van der Waals surface area contributed by atoms with Crippen molar-refractivity contribution in [2.75, 3.05) is 19.0 Å². The summed E-state index contributed by atoms with van der Waals surface area (Å²) in [4.78, 5) is 2.25. The summed E-state index contributed by atoms with van der Waals surface area (Å²) in [6.07, 6.45) is 8.20. The van der Waals surface area contributed by atoms with Crippen LogP contribution in [0, 0.1) is 5.82 Å². The second-order valence-corrected chi connectivity index (χ2v) is 7.78. The van der Waals surface area contributed by atoms with E-state index in [-0.39, 0.29) is 5.82 Å². The maximum Gasteiger partial charge on any atom is 0.383 e. The molecule has 3 aromatic rings. The van der Waals surface area contributed by atoms with Crippen molar-refractivity contribution in [1.29, 1.82) is 0 Å². The topological polar surface area (TPSA) is 24.9 Å². The van der Waals surface area contributed by atoms with E-state index in [1.165, 1.54) is 6.07 Å². The molecular formula is C21H22FN5+2. The molecular weight excluding hydrogens is 341 g/mol. The van der Waals surface area contributed by atoms with E-state index in [0.29, 0.717) is 11.0 Å². The van der Waals surface area contributed by atoms with E-state index in [1.54, 1.807) is 12.3 Å². The van der Waals surface area contributed by atoms with Gasteiger partial charge in [-0.1, -0.05) is 0 Å². The number of anilines is 1. The Morgan fingerprint density at radius 3 is 2.89 bits per heavy atom. The summed E-state index contributed by atoms with van der Waals surface area (Å²) in [6, 6.07) is 13.3. The van der Waals surface area contributed by atoms with Gasteiger partial charge in [-0.15, -0.1) is 4.57 Å². The van der Waals surface area contributed by atoms with Crippen molar-refractivity contribution in [3.8, 4) is 11.4 Å². The molecule has 0 aliphatic carbocycles. The largest absolute Gasteiger partial charge is 0.383 e. The number of hydrogen-bond donors (Lipinski definition) is 0. The lowest BCUT2D eigenvalue weighted by molar-refractivity contribution is -1.05. The van der Waals surface area contributed by atoms with Crippen LogP contribution < -0.4 is 9.47 Å². The van der Waals surface area contributed by atoms with Gasteiger partial charge in [0.25, 0.3) is 0 Å². The highest BCUT2D eigenvalue weighted by molar-refractivity contribution is 5.59. The Morgan fingerprint density at radius 1 is 1.19 bits per heavy atom. The second kappa shape index (κ2) is 5.27. The molecule has 27 heavy (non-hydrogen) atoms. The van der Waals surface area contributed by atoms with E-state index in [9.17, 15) is 4.39 Å². The SMILES string of the molecule is C[C@]12N(C=C[N+]1(C)C)c1ccc(F)cc1Cn1nccc1-c1cccc[n+]12. The molecule has 2 aromatic heterocycles. The summed E-state index contributed by atoms with van der Waals surface area (Å²) in [6.45, 7) is 2.73. The third-order valence-corrected chi connectivity index (χ3v) is 6.05. The van der Waals surface area contributed by atoms with E-state index < -0.39 is 5.79 Å². The Morgan fingerprint density at radius 2 is 2.04 bits per heavy atom. The number of aromatic nitrogens is 3. The number of quaternary nitrogens is 1. The van der Waals surface area contributed by atoms with Crippen molar-refractivity contribution >= 4 is 5.69 Å². The van der Waals surface area contributed by atoms with Crippen LogP contribution in [-0.4, -0.2) is 28.4 Å². The van der Waals surface area contributed by atoms with Crippen molar-refractivity contribution in [2.45, 2.75) is 19.3 Å².